The molecule has 3 rings (SSSR count). The van der Waals surface area contributed by atoms with Crippen molar-refractivity contribution in [3.63, 3.8) is 0 Å². The maximum absolute atomic E-state index is 12.0. The van der Waals surface area contributed by atoms with Crippen LogP contribution in [0.25, 0.3) is 10.8 Å². The number of rotatable bonds is 3. The number of esters is 1. The Morgan fingerprint density at radius 2 is 1.95 bits per heavy atom. The van der Waals surface area contributed by atoms with Gasteiger partial charge in [-0.15, -0.1) is 0 Å². The van der Waals surface area contributed by atoms with Crippen LogP contribution in [-0.4, -0.2) is 12.6 Å². The molecule has 2 aromatic rings. The van der Waals surface area contributed by atoms with Crippen LogP contribution in [0.15, 0.2) is 36.4 Å². The van der Waals surface area contributed by atoms with Gasteiger partial charge in [0.05, 0.1) is 12.2 Å². The Hall–Kier alpha value is -1.83. The molecule has 0 atom stereocenters. The quantitative estimate of drug-likeness (QED) is 0.756. The number of ether oxygens (including phenoxy) is 1. The van der Waals surface area contributed by atoms with Gasteiger partial charge >= 0.3 is 5.97 Å². The number of benzene rings is 2. The van der Waals surface area contributed by atoms with Crippen LogP contribution < -0.4 is 0 Å². The maximum atomic E-state index is 12.0. The molecule has 2 heteroatoms. The first-order valence-electron chi connectivity index (χ1n) is 7.49. The van der Waals surface area contributed by atoms with Crippen LogP contribution >= 0.6 is 0 Å². The zero-order valence-corrected chi connectivity index (χ0v) is 11.9. The first-order valence-corrected chi connectivity index (χ1v) is 7.49. The van der Waals surface area contributed by atoms with Crippen molar-refractivity contribution in [2.45, 2.75) is 38.5 Å². The van der Waals surface area contributed by atoms with Crippen LogP contribution in [0.5, 0.6) is 0 Å². The van der Waals surface area contributed by atoms with E-state index in [4.69, 9.17) is 4.74 Å². The van der Waals surface area contributed by atoms with Gasteiger partial charge in [-0.05, 0) is 54.2 Å². The average molecular weight is 268 g/mol. The van der Waals surface area contributed by atoms with Crippen LogP contribution in [0.1, 0.15) is 54.4 Å². The fourth-order valence-electron chi connectivity index (χ4n) is 3.25. The number of hydrogen-bond acceptors (Lipinski definition) is 2. The van der Waals surface area contributed by atoms with Crippen LogP contribution in [0.4, 0.5) is 0 Å². The zero-order chi connectivity index (χ0) is 13.9. The Morgan fingerprint density at radius 3 is 2.70 bits per heavy atom. The molecule has 1 aliphatic carbocycles. The SMILES string of the molecule is CCOC(=O)c1cc(C2CCCC2)c2ccccc2c1. The Morgan fingerprint density at radius 1 is 1.20 bits per heavy atom. The molecule has 20 heavy (non-hydrogen) atoms. The number of carbonyl (C=O) groups excluding carboxylic acids is 1. The Kier molecular flexibility index (Phi) is 3.72. The molecule has 2 aromatic carbocycles. The standard InChI is InChI=1S/C18H20O2/c1-2-20-18(19)15-11-14-9-5-6-10-16(14)17(12-15)13-7-3-4-8-13/h5-6,9-13H,2-4,7-8H2,1H3. The zero-order valence-electron chi connectivity index (χ0n) is 11.9. The van der Waals surface area contributed by atoms with Crippen LogP contribution in [0, 0.1) is 0 Å². The van der Waals surface area contributed by atoms with Gasteiger partial charge in [0.25, 0.3) is 0 Å². The fraction of sp³-hybridized carbons (Fsp3) is 0.389. The number of carbonyl (C=O) groups is 1. The van der Waals surface area contributed by atoms with Crippen molar-refractivity contribution in [3.05, 3.63) is 47.5 Å². The minimum Gasteiger partial charge on any atom is -0.462 e. The van der Waals surface area contributed by atoms with Crippen molar-refractivity contribution in [1.29, 1.82) is 0 Å². The molecule has 1 fully saturated rings. The second-order valence-corrected chi connectivity index (χ2v) is 5.49. The van der Waals surface area contributed by atoms with E-state index in [0.717, 1.165) is 5.39 Å². The summed E-state index contributed by atoms with van der Waals surface area (Å²) in [4.78, 5) is 12.0. The van der Waals surface area contributed by atoms with E-state index in [1.807, 2.05) is 19.1 Å². The van der Waals surface area contributed by atoms with E-state index in [1.54, 1.807) is 0 Å². The van der Waals surface area contributed by atoms with Crippen LogP contribution in [-0.2, 0) is 4.74 Å². The van der Waals surface area contributed by atoms with Gasteiger partial charge in [0.1, 0.15) is 0 Å². The minimum absolute atomic E-state index is 0.211. The lowest BCUT2D eigenvalue weighted by molar-refractivity contribution is 0.0526. The fourth-order valence-corrected chi connectivity index (χ4v) is 3.25. The lowest BCUT2D eigenvalue weighted by atomic mass is 9.90. The smallest absolute Gasteiger partial charge is 0.338 e. The molecule has 1 aliphatic rings. The normalized spacial score (nSPS) is 15.7. The predicted molar refractivity (Wildman–Crippen MR) is 81.1 cm³/mol. The molecular weight excluding hydrogens is 248 g/mol. The molecule has 0 aromatic heterocycles. The predicted octanol–water partition coefficient (Wildman–Crippen LogP) is 4.67. The molecule has 0 heterocycles. The van der Waals surface area contributed by atoms with Gasteiger partial charge in [0.2, 0.25) is 0 Å². The number of fused-ring (bicyclic) bond motifs is 1. The van der Waals surface area contributed by atoms with E-state index in [9.17, 15) is 4.79 Å². The largest absolute Gasteiger partial charge is 0.462 e. The molecule has 0 radical (unpaired) electrons. The Balaban J connectivity index is 2.11. The summed E-state index contributed by atoms with van der Waals surface area (Å²) in [5.74, 6) is 0.381. The lowest BCUT2D eigenvalue weighted by Crippen LogP contribution is -2.06. The van der Waals surface area contributed by atoms with Crippen molar-refractivity contribution in [2.75, 3.05) is 6.61 Å². The first-order chi connectivity index (χ1) is 9.79. The highest BCUT2D eigenvalue weighted by Crippen LogP contribution is 2.38. The highest BCUT2D eigenvalue weighted by Gasteiger charge is 2.21. The summed E-state index contributed by atoms with van der Waals surface area (Å²) in [7, 11) is 0. The van der Waals surface area contributed by atoms with E-state index in [0.29, 0.717) is 18.1 Å². The minimum atomic E-state index is -0.211. The van der Waals surface area contributed by atoms with Crippen molar-refractivity contribution >= 4 is 16.7 Å². The molecule has 0 aliphatic heterocycles. The molecule has 0 amide bonds. The van der Waals surface area contributed by atoms with E-state index < -0.39 is 0 Å². The summed E-state index contributed by atoms with van der Waals surface area (Å²) in [5, 5.41) is 2.42. The summed E-state index contributed by atoms with van der Waals surface area (Å²) < 4.78 is 5.16. The van der Waals surface area contributed by atoms with E-state index >= 15 is 0 Å². The van der Waals surface area contributed by atoms with Crippen molar-refractivity contribution in [1.82, 2.24) is 0 Å². The number of hydrogen-bond donors (Lipinski definition) is 0. The molecule has 2 nitrogen and oxygen atoms in total. The maximum Gasteiger partial charge on any atom is 0.338 e. The van der Waals surface area contributed by atoms with Gasteiger partial charge in [-0.2, -0.15) is 0 Å². The first kappa shape index (κ1) is 13.2. The van der Waals surface area contributed by atoms with Crippen molar-refractivity contribution in [3.8, 4) is 0 Å². The third kappa shape index (κ3) is 2.43. The summed E-state index contributed by atoms with van der Waals surface area (Å²) >= 11 is 0. The van der Waals surface area contributed by atoms with Crippen LogP contribution in [0.2, 0.25) is 0 Å². The highest BCUT2D eigenvalue weighted by molar-refractivity contribution is 5.97. The second kappa shape index (κ2) is 5.66. The van der Waals surface area contributed by atoms with Gasteiger partial charge in [0, 0.05) is 0 Å². The lowest BCUT2D eigenvalue weighted by Gasteiger charge is -2.15. The molecule has 1 saturated carbocycles. The molecule has 104 valence electrons. The Labute approximate surface area is 119 Å². The molecule has 0 N–H and O–H groups in total. The molecule has 0 spiro atoms. The summed E-state index contributed by atoms with van der Waals surface area (Å²) in [6.07, 6.45) is 5.05. The molecular formula is C18H20O2. The van der Waals surface area contributed by atoms with Gasteiger partial charge in [-0.3, -0.25) is 0 Å². The van der Waals surface area contributed by atoms with Gasteiger partial charge in [-0.1, -0.05) is 37.1 Å². The monoisotopic (exact) mass is 268 g/mol. The van der Waals surface area contributed by atoms with Gasteiger partial charge < -0.3 is 4.74 Å². The third-order valence-electron chi connectivity index (χ3n) is 4.20. The Bertz CT molecular complexity index is 624. The average Bonchev–Trinajstić information content (AvgIpc) is 3.00. The van der Waals surface area contributed by atoms with E-state index in [1.165, 1.54) is 36.6 Å². The van der Waals surface area contributed by atoms with E-state index in [2.05, 4.69) is 24.3 Å². The highest BCUT2D eigenvalue weighted by atomic mass is 16.5. The van der Waals surface area contributed by atoms with Crippen molar-refractivity contribution in [2.24, 2.45) is 0 Å². The van der Waals surface area contributed by atoms with Gasteiger partial charge in [0.15, 0.2) is 0 Å². The summed E-state index contributed by atoms with van der Waals surface area (Å²) in [5.41, 5.74) is 2.01. The second-order valence-electron chi connectivity index (χ2n) is 5.49. The van der Waals surface area contributed by atoms with Crippen molar-refractivity contribution < 1.29 is 9.53 Å². The van der Waals surface area contributed by atoms with Crippen LogP contribution in [0.3, 0.4) is 0 Å². The molecule has 0 saturated heterocycles. The van der Waals surface area contributed by atoms with E-state index in [-0.39, 0.29) is 5.97 Å². The third-order valence-corrected chi connectivity index (χ3v) is 4.20. The summed E-state index contributed by atoms with van der Waals surface area (Å²) in [6, 6.07) is 12.3. The molecule has 0 unspecified atom stereocenters. The van der Waals surface area contributed by atoms with Gasteiger partial charge in [-0.25, -0.2) is 4.79 Å². The topological polar surface area (TPSA) is 26.3 Å². The molecule has 0 bridgehead atoms. The summed E-state index contributed by atoms with van der Waals surface area (Å²) in [6.45, 7) is 2.27.